The molecular weight excluding hydrogens is 260 g/mol. The van der Waals surface area contributed by atoms with Gasteiger partial charge in [0.1, 0.15) is 12.4 Å². The van der Waals surface area contributed by atoms with Gasteiger partial charge in [-0.25, -0.2) is 4.79 Å². The van der Waals surface area contributed by atoms with Crippen molar-refractivity contribution in [3.05, 3.63) is 42.0 Å². The summed E-state index contributed by atoms with van der Waals surface area (Å²) in [5.41, 5.74) is 0.795. The van der Waals surface area contributed by atoms with Gasteiger partial charge in [0.15, 0.2) is 0 Å². The smallest absolute Gasteiger partial charge is 0.327 e. The van der Waals surface area contributed by atoms with Crippen LogP contribution < -0.4 is 4.74 Å². The number of carbonyl (C=O) groups is 1. The summed E-state index contributed by atoms with van der Waals surface area (Å²) in [5, 5.41) is 27.0. The summed E-state index contributed by atoms with van der Waals surface area (Å²) in [6.45, 7) is 0.214. The topological polar surface area (TPSA) is 87.0 Å². The van der Waals surface area contributed by atoms with Gasteiger partial charge in [0, 0.05) is 6.08 Å². The maximum absolute atomic E-state index is 10.3. The van der Waals surface area contributed by atoms with Crippen molar-refractivity contribution in [2.75, 3.05) is 13.2 Å². The van der Waals surface area contributed by atoms with Crippen molar-refractivity contribution in [2.24, 2.45) is 0 Å². The Kier molecular flexibility index (Phi) is 7.39. The SMILES string of the molecule is O=C(O)/C=C/CCC[C@H](O)c1ccc(OCCO)cc1. The minimum Gasteiger partial charge on any atom is -0.491 e. The zero-order valence-corrected chi connectivity index (χ0v) is 11.2. The lowest BCUT2D eigenvalue weighted by Crippen LogP contribution is -2.02. The van der Waals surface area contributed by atoms with Gasteiger partial charge in [0.25, 0.3) is 0 Å². The summed E-state index contributed by atoms with van der Waals surface area (Å²) in [7, 11) is 0. The Hall–Kier alpha value is -1.85. The number of rotatable bonds is 9. The largest absolute Gasteiger partial charge is 0.491 e. The second-order valence-corrected chi connectivity index (χ2v) is 4.33. The average Bonchev–Trinajstić information content (AvgIpc) is 2.44. The molecule has 0 saturated carbocycles. The molecule has 0 aliphatic heterocycles. The van der Waals surface area contributed by atoms with Gasteiger partial charge in [0.2, 0.25) is 0 Å². The summed E-state index contributed by atoms with van der Waals surface area (Å²) in [6.07, 6.45) is 4.04. The van der Waals surface area contributed by atoms with Crippen LogP contribution in [-0.2, 0) is 4.79 Å². The molecule has 0 saturated heterocycles. The third kappa shape index (κ3) is 6.36. The van der Waals surface area contributed by atoms with Gasteiger partial charge in [-0.05, 0) is 37.0 Å². The summed E-state index contributed by atoms with van der Waals surface area (Å²) >= 11 is 0. The van der Waals surface area contributed by atoms with E-state index in [2.05, 4.69) is 0 Å². The molecule has 20 heavy (non-hydrogen) atoms. The van der Waals surface area contributed by atoms with Crippen LogP contribution in [0.25, 0.3) is 0 Å². The summed E-state index contributed by atoms with van der Waals surface area (Å²) in [6, 6.07) is 7.06. The fraction of sp³-hybridized carbons (Fsp3) is 0.400. The molecule has 0 aromatic heterocycles. The Labute approximate surface area is 118 Å². The molecule has 0 aliphatic rings. The number of ether oxygens (including phenoxy) is 1. The zero-order valence-electron chi connectivity index (χ0n) is 11.2. The van der Waals surface area contributed by atoms with Crippen LogP contribution in [0, 0.1) is 0 Å². The van der Waals surface area contributed by atoms with E-state index >= 15 is 0 Å². The second kappa shape index (κ2) is 9.12. The van der Waals surface area contributed by atoms with Crippen molar-refractivity contribution in [2.45, 2.75) is 25.4 Å². The first-order valence-electron chi connectivity index (χ1n) is 6.54. The van der Waals surface area contributed by atoms with Crippen molar-refractivity contribution in [3.8, 4) is 5.75 Å². The van der Waals surface area contributed by atoms with Crippen molar-refractivity contribution in [1.82, 2.24) is 0 Å². The van der Waals surface area contributed by atoms with Crippen molar-refractivity contribution in [1.29, 1.82) is 0 Å². The molecule has 0 fully saturated rings. The fourth-order valence-electron chi connectivity index (χ4n) is 1.73. The Morgan fingerprint density at radius 1 is 1.30 bits per heavy atom. The standard InChI is InChI=1S/C15H20O5/c16-10-11-20-13-8-6-12(7-9-13)14(17)4-2-1-3-5-15(18)19/h3,5-9,14,16-17H,1-2,4,10-11H2,(H,18,19)/b5-3+/t14-/m0/s1. The summed E-state index contributed by atoms with van der Waals surface area (Å²) in [5.74, 6) is -0.302. The highest BCUT2D eigenvalue weighted by atomic mass is 16.5. The lowest BCUT2D eigenvalue weighted by Gasteiger charge is -2.11. The lowest BCUT2D eigenvalue weighted by atomic mass is 10.0. The molecule has 5 heteroatoms. The summed E-state index contributed by atoms with van der Waals surface area (Å²) < 4.78 is 5.23. The number of carboxylic acids is 1. The highest BCUT2D eigenvalue weighted by Crippen LogP contribution is 2.22. The van der Waals surface area contributed by atoms with Crippen molar-refractivity contribution >= 4 is 5.97 Å². The predicted molar refractivity (Wildman–Crippen MR) is 74.6 cm³/mol. The molecule has 5 nitrogen and oxygen atoms in total. The molecule has 0 spiro atoms. The van der Waals surface area contributed by atoms with Crippen LogP contribution in [0.15, 0.2) is 36.4 Å². The number of carboxylic acid groups (broad SMARTS) is 1. The molecule has 0 bridgehead atoms. The Balaban J connectivity index is 2.35. The van der Waals surface area contributed by atoms with Crippen LogP contribution >= 0.6 is 0 Å². The highest BCUT2D eigenvalue weighted by Gasteiger charge is 2.06. The van der Waals surface area contributed by atoms with Crippen LogP contribution in [0.2, 0.25) is 0 Å². The van der Waals surface area contributed by atoms with Crippen LogP contribution in [0.1, 0.15) is 30.9 Å². The van der Waals surface area contributed by atoms with E-state index in [1.165, 1.54) is 0 Å². The number of aliphatic hydroxyl groups is 2. The fourth-order valence-corrected chi connectivity index (χ4v) is 1.73. The first-order chi connectivity index (χ1) is 9.63. The number of aliphatic hydroxyl groups excluding tert-OH is 2. The molecule has 0 aliphatic carbocycles. The molecule has 3 N–H and O–H groups in total. The van der Waals surface area contributed by atoms with Crippen LogP contribution in [0.5, 0.6) is 5.75 Å². The van der Waals surface area contributed by atoms with Crippen LogP contribution in [0.4, 0.5) is 0 Å². The lowest BCUT2D eigenvalue weighted by molar-refractivity contribution is -0.131. The zero-order chi connectivity index (χ0) is 14.8. The van der Waals surface area contributed by atoms with Crippen LogP contribution in [-0.4, -0.2) is 34.5 Å². The van der Waals surface area contributed by atoms with Crippen molar-refractivity contribution in [3.63, 3.8) is 0 Å². The van der Waals surface area contributed by atoms with E-state index in [-0.39, 0.29) is 13.2 Å². The van der Waals surface area contributed by atoms with E-state index in [1.807, 2.05) is 0 Å². The van der Waals surface area contributed by atoms with E-state index in [0.717, 1.165) is 11.6 Å². The second-order valence-electron chi connectivity index (χ2n) is 4.33. The number of benzene rings is 1. The van der Waals surface area contributed by atoms with Gasteiger partial charge in [0.05, 0.1) is 12.7 Å². The molecule has 1 rings (SSSR count). The summed E-state index contributed by atoms with van der Waals surface area (Å²) in [4.78, 5) is 10.3. The normalized spacial score (nSPS) is 12.5. The highest BCUT2D eigenvalue weighted by molar-refractivity contribution is 5.79. The molecule has 110 valence electrons. The average molecular weight is 280 g/mol. The molecule has 1 atom stereocenters. The Morgan fingerprint density at radius 2 is 2.00 bits per heavy atom. The predicted octanol–water partition coefficient (Wildman–Crippen LogP) is 1.90. The van der Waals surface area contributed by atoms with Gasteiger partial charge >= 0.3 is 5.97 Å². The molecule has 0 unspecified atom stereocenters. The first kappa shape index (κ1) is 16.2. The molecule has 0 amide bonds. The number of unbranched alkanes of at least 4 members (excludes halogenated alkanes) is 1. The van der Waals surface area contributed by atoms with Crippen molar-refractivity contribution < 1.29 is 24.9 Å². The molecule has 1 aromatic rings. The van der Waals surface area contributed by atoms with Gasteiger partial charge in [-0.1, -0.05) is 18.2 Å². The number of hydrogen-bond acceptors (Lipinski definition) is 4. The maximum atomic E-state index is 10.3. The number of aliphatic carboxylic acids is 1. The molecule has 0 heterocycles. The van der Waals surface area contributed by atoms with E-state index in [9.17, 15) is 9.90 Å². The maximum Gasteiger partial charge on any atom is 0.327 e. The number of hydrogen-bond donors (Lipinski definition) is 3. The molecular formula is C15H20O5. The van der Waals surface area contributed by atoms with E-state index in [4.69, 9.17) is 14.9 Å². The third-order valence-corrected chi connectivity index (χ3v) is 2.73. The third-order valence-electron chi connectivity index (χ3n) is 2.73. The number of allylic oxidation sites excluding steroid dienone is 1. The quantitative estimate of drug-likeness (QED) is 0.475. The minimum absolute atomic E-state index is 0.0335. The van der Waals surface area contributed by atoms with E-state index in [0.29, 0.717) is 25.0 Å². The van der Waals surface area contributed by atoms with E-state index in [1.54, 1.807) is 30.3 Å². The monoisotopic (exact) mass is 280 g/mol. The van der Waals surface area contributed by atoms with Gasteiger partial charge in [-0.15, -0.1) is 0 Å². The molecule has 0 radical (unpaired) electrons. The van der Waals surface area contributed by atoms with E-state index < -0.39 is 12.1 Å². The Morgan fingerprint density at radius 3 is 2.60 bits per heavy atom. The first-order valence-corrected chi connectivity index (χ1v) is 6.54. The van der Waals surface area contributed by atoms with Gasteiger partial charge in [-0.3, -0.25) is 0 Å². The molecule has 1 aromatic carbocycles. The van der Waals surface area contributed by atoms with Gasteiger partial charge < -0.3 is 20.1 Å². The van der Waals surface area contributed by atoms with Gasteiger partial charge in [-0.2, -0.15) is 0 Å². The Bertz CT molecular complexity index is 424. The minimum atomic E-state index is -0.955. The van der Waals surface area contributed by atoms with Crippen LogP contribution in [0.3, 0.4) is 0 Å².